The highest BCUT2D eigenvalue weighted by molar-refractivity contribution is 6.32. The lowest BCUT2D eigenvalue weighted by atomic mass is 10.1. The smallest absolute Gasteiger partial charge is 0.282 e. The molecule has 0 atom stereocenters. The fraction of sp³-hybridized carbons (Fsp3) is 0.240. The van der Waals surface area contributed by atoms with Crippen LogP contribution in [-0.4, -0.2) is 50.1 Å². The van der Waals surface area contributed by atoms with Crippen molar-refractivity contribution in [3.63, 3.8) is 0 Å². The Kier molecular flexibility index (Phi) is 6.53. The second kappa shape index (κ2) is 9.70. The van der Waals surface area contributed by atoms with Gasteiger partial charge in [0.25, 0.3) is 5.91 Å². The summed E-state index contributed by atoms with van der Waals surface area (Å²) in [5.41, 5.74) is 1.77. The van der Waals surface area contributed by atoms with Crippen LogP contribution in [0.5, 0.6) is 23.0 Å². The van der Waals surface area contributed by atoms with Crippen LogP contribution < -0.4 is 18.9 Å². The number of amidine groups is 2. The second-order valence-electron chi connectivity index (χ2n) is 7.59. The Morgan fingerprint density at radius 2 is 1.76 bits per heavy atom. The second-order valence-corrected chi connectivity index (χ2v) is 7.59. The summed E-state index contributed by atoms with van der Waals surface area (Å²) in [7, 11) is 3.03. The van der Waals surface area contributed by atoms with Crippen LogP contribution in [0.4, 0.5) is 0 Å². The van der Waals surface area contributed by atoms with Gasteiger partial charge in [0.05, 0.1) is 19.8 Å². The zero-order valence-electron chi connectivity index (χ0n) is 19.4. The van der Waals surface area contributed by atoms with E-state index in [-0.39, 0.29) is 23.9 Å². The molecule has 2 heterocycles. The number of methoxy groups -OCH3 is 2. The predicted octanol–water partition coefficient (Wildman–Crippen LogP) is 3.92. The Labute approximate surface area is 197 Å². The molecule has 9 heteroatoms. The van der Waals surface area contributed by atoms with Gasteiger partial charge in [0.15, 0.2) is 23.2 Å². The summed E-state index contributed by atoms with van der Waals surface area (Å²) in [6, 6.07) is 11.2. The molecule has 0 bridgehead atoms. The van der Waals surface area contributed by atoms with Crippen LogP contribution in [0.15, 0.2) is 58.8 Å². The monoisotopic (exact) mass is 463 g/mol. The third-order valence-corrected chi connectivity index (χ3v) is 5.06. The van der Waals surface area contributed by atoms with Crippen LogP contribution in [0, 0.1) is 12.3 Å². The van der Waals surface area contributed by atoms with Crippen LogP contribution in [0.1, 0.15) is 18.1 Å². The number of rotatable bonds is 8. The summed E-state index contributed by atoms with van der Waals surface area (Å²) in [5.74, 6) is 2.21. The van der Waals surface area contributed by atoms with Gasteiger partial charge >= 0.3 is 0 Å². The molecule has 2 aliphatic rings. The molecule has 2 aromatic rings. The van der Waals surface area contributed by atoms with Crippen molar-refractivity contribution < 1.29 is 28.6 Å². The first kappa shape index (κ1) is 22.9. The number of hydroxylamine groups is 2. The maximum absolute atomic E-state index is 12.5. The largest absolute Gasteiger partial charge is 0.493 e. The first-order chi connectivity index (χ1) is 16.4. The minimum absolute atomic E-state index is 0.0798. The van der Waals surface area contributed by atoms with Gasteiger partial charge in [-0.05, 0) is 55.3 Å². The molecule has 2 aromatic carbocycles. The molecule has 34 heavy (non-hydrogen) atoms. The van der Waals surface area contributed by atoms with E-state index < -0.39 is 5.91 Å². The van der Waals surface area contributed by atoms with Gasteiger partial charge in [-0.3, -0.25) is 10.2 Å². The average molecular weight is 463 g/mol. The number of allylic oxidation sites excluding steroid dienone is 1. The molecule has 0 spiro atoms. The first-order valence-electron chi connectivity index (χ1n) is 10.6. The van der Waals surface area contributed by atoms with Gasteiger partial charge in [-0.1, -0.05) is 12.1 Å². The normalized spacial score (nSPS) is 16.0. The fourth-order valence-corrected chi connectivity index (χ4v) is 3.50. The molecule has 1 amide bonds. The Hall–Kier alpha value is -4.27. The molecule has 0 fully saturated rings. The highest BCUT2D eigenvalue weighted by Crippen LogP contribution is 2.39. The maximum Gasteiger partial charge on any atom is 0.282 e. The van der Waals surface area contributed by atoms with E-state index in [0.717, 1.165) is 11.3 Å². The van der Waals surface area contributed by atoms with Crippen molar-refractivity contribution in [1.29, 1.82) is 5.41 Å². The Bertz CT molecular complexity index is 1210. The summed E-state index contributed by atoms with van der Waals surface area (Å²) >= 11 is 0. The predicted molar refractivity (Wildman–Crippen MR) is 127 cm³/mol. The van der Waals surface area contributed by atoms with E-state index in [2.05, 4.69) is 4.99 Å². The summed E-state index contributed by atoms with van der Waals surface area (Å²) in [6.07, 6.45) is 3.14. The van der Waals surface area contributed by atoms with Crippen molar-refractivity contribution in [3.8, 4) is 23.0 Å². The van der Waals surface area contributed by atoms with Crippen LogP contribution >= 0.6 is 0 Å². The van der Waals surface area contributed by atoms with Gasteiger partial charge in [-0.2, -0.15) is 4.99 Å². The van der Waals surface area contributed by atoms with Gasteiger partial charge in [0, 0.05) is 6.08 Å². The highest BCUT2D eigenvalue weighted by Gasteiger charge is 2.34. The Balaban J connectivity index is 1.52. The number of nitrogens with one attached hydrogen (secondary N) is 1. The summed E-state index contributed by atoms with van der Waals surface area (Å²) in [4.78, 5) is 22.0. The van der Waals surface area contributed by atoms with Crippen LogP contribution in [0.25, 0.3) is 6.08 Å². The molecule has 176 valence electrons. The molecule has 4 rings (SSSR count). The molecule has 9 nitrogen and oxygen atoms in total. The third-order valence-electron chi connectivity index (χ3n) is 5.06. The number of amides is 1. The number of aliphatic imine (C=N–C) groups is 1. The summed E-state index contributed by atoms with van der Waals surface area (Å²) in [6.45, 7) is 4.32. The van der Waals surface area contributed by atoms with E-state index in [1.807, 2.05) is 31.2 Å². The van der Waals surface area contributed by atoms with E-state index in [0.29, 0.717) is 35.2 Å². The number of carbonyl (C=O) groups is 1. The Morgan fingerprint density at radius 1 is 1.06 bits per heavy atom. The quantitative estimate of drug-likeness (QED) is 0.468. The van der Waals surface area contributed by atoms with E-state index >= 15 is 0 Å². The number of nitrogens with zero attached hydrogens (tertiary/aromatic N) is 2. The first-order valence-corrected chi connectivity index (χ1v) is 10.6. The molecule has 1 N–H and O–H groups in total. The lowest BCUT2D eigenvalue weighted by Gasteiger charge is -2.23. The lowest BCUT2D eigenvalue weighted by Crippen LogP contribution is -2.38. The number of carbonyl (C=O) groups excluding carboxylic acids is 1. The number of ether oxygens (including phenoxy) is 4. The molecule has 0 radical (unpaired) electrons. The molecule has 0 saturated carbocycles. The van der Waals surface area contributed by atoms with Gasteiger partial charge < -0.3 is 23.8 Å². The number of hydrogen-bond donors (Lipinski definition) is 1. The van der Waals surface area contributed by atoms with Crippen molar-refractivity contribution >= 4 is 23.7 Å². The molecule has 0 aliphatic carbocycles. The van der Waals surface area contributed by atoms with Gasteiger partial charge in [0.2, 0.25) is 5.75 Å². The van der Waals surface area contributed by atoms with E-state index in [1.165, 1.54) is 25.4 Å². The number of aryl methyl sites for hydroxylation is 1. The van der Waals surface area contributed by atoms with Crippen molar-refractivity contribution in [1.82, 2.24) is 5.06 Å². The van der Waals surface area contributed by atoms with Gasteiger partial charge in [0.1, 0.15) is 24.7 Å². The van der Waals surface area contributed by atoms with Crippen LogP contribution in [0.3, 0.4) is 0 Å². The van der Waals surface area contributed by atoms with E-state index in [9.17, 15) is 4.79 Å². The number of fused-ring (bicyclic) bond motifs is 1. The lowest BCUT2D eigenvalue weighted by molar-refractivity contribution is -0.114. The topological polar surface area (TPSA) is 103 Å². The SMILES string of the molecule is COc1cc(/C=C2\C(=N)N3OC(C)=CC3=NC2=O)cc(OC)c1OCCOc1cccc(C)c1. The molecule has 0 saturated heterocycles. The molecule has 0 unspecified atom stereocenters. The molecule has 2 aliphatic heterocycles. The molecular formula is C25H25N3O6. The zero-order valence-corrected chi connectivity index (χ0v) is 19.4. The molecule has 0 aromatic heterocycles. The minimum Gasteiger partial charge on any atom is -0.493 e. The van der Waals surface area contributed by atoms with Crippen molar-refractivity contribution in [3.05, 3.63) is 64.9 Å². The van der Waals surface area contributed by atoms with Crippen molar-refractivity contribution in [2.24, 2.45) is 4.99 Å². The third kappa shape index (κ3) is 4.73. The van der Waals surface area contributed by atoms with E-state index in [4.69, 9.17) is 29.2 Å². The highest BCUT2D eigenvalue weighted by atomic mass is 16.7. The van der Waals surface area contributed by atoms with Gasteiger partial charge in [-0.15, -0.1) is 5.06 Å². The van der Waals surface area contributed by atoms with Crippen molar-refractivity contribution in [2.75, 3.05) is 27.4 Å². The maximum atomic E-state index is 12.5. The van der Waals surface area contributed by atoms with Crippen LogP contribution in [-0.2, 0) is 9.63 Å². The summed E-state index contributed by atoms with van der Waals surface area (Å²) in [5, 5.41) is 9.59. The van der Waals surface area contributed by atoms with Crippen LogP contribution in [0.2, 0.25) is 0 Å². The minimum atomic E-state index is -0.530. The standard InChI is InChI=1S/C25H25N3O6/c1-15-6-5-7-18(10-15)32-8-9-33-23-20(30-3)13-17(14-21(23)31-4)12-19-24(26)28-22(27-25(19)29)11-16(2)34-28/h5-7,10-14,26H,8-9H2,1-4H3/b19-12+,26-24?. The number of benzene rings is 2. The number of hydrogen-bond acceptors (Lipinski definition) is 7. The van der Waals surface area contributed by atoms with Crippen molar-refractivity contribution in [2.45, 2.75) is 13.8 Å². The fourth-order valence-electron chi connectivity index (χ4n) is 3.50. The Morgan fingerprint density at radius 3 is 2.44 bits per heavy atom. The van der Waals surface area contributed by atoms with Gasteiger partial charge in [-0.25, -0.2) is 0 Å². The molecular weight excluding hydrogens is 438 g/mol. The summed E-state index contributed by atoms with van der Waals surface area (Å²) < 4.78 is 22.6. The zero-order chi connectivity index (χ0) is 24.2. The average Bonchev–Trinajstić information content (AvgIpc) is 3.19. The van der Waals surface area contributed by atoms with E-state index in [1.54, 1.807) is 25.1 Å².